The minimum Gasteiger partial charge on any atom is -0.495 e. The van der Waals surface area contributed by atoms with E-state index in [1.807, 2.05) is 39.0 Å². The molecule has 0 aromatic heterocycles. The molecule has 1 atom stereocenters. The van der Waals surface area contributed by atoms with Crippen molar-refractivity contribution in [2.45, 2.75) is 52.3 Å². The summed E-state index contributed by atoms with van der Waals surface area (Å²) in [7, 11) is 1.59. The first-order valence-electron chi connectivity index (χ1n) is 7.77. The zero-order chi connectivity index (χ0) is 17.5. The molecule has 1 unspecified atom stereocenters. The van der Waals surface area contributed by atoms with Crippen LogP contribution in [-0.4, -0.2) is 31.4 Å². The molecule has 1 amide bonds. The highest BCUT2D eigenvalue weighted by molar-refractivity contribution is 6.32. The number of benzene rings is 1. The van der Waals surface area contributed by atoms with E-state index in [2.05, 4.69) is 17.6 Å². The topological polar surface area (TPSA) is 59.6 Å². The van der Waals surface area contributed by atoms with Crippen molar-refractivity contribution in [1.82, 2.24) is 10.6 Å². The van der Waals surface area contributed by atoms with Gasteiger partial charge in [-0.2, -0.15) is 0 Å². The number of amides is 1. The zero-order valence-electron chi connectivity index (χ0n) is 14.5. The van der Waals surface area contributed by atoms with E-state index < -0.39 is 11.7 Å². The van der Waals surface area contributed by atoms with Crippen LogP contribution in [0.4, 0.5) is 4.79 Å². The second-order valence-corrected chi connectivity index (χ2v) is 6.74. The quantitative estimate of drug-likeness (QED) is 0.792. The van der Waals surface area contributed by atoms with Gasteiger partial charge in [-0.1, -0.05) is 24.6 Å². The second-order valence-electron chi connectivity index (χ2n) is 6.34. The van der Waals surface area contributed by atoms with Gasteiger partial charge in [0.05, 0.1) is 12.1 Å². The summed E-state index contributed by atoms with van der Waals surface area (Å²) in [6.07, 6.45) is 0.491. The number of methoxy groups -OCH3 is 1. The fourth-order valence-electron chi connectivity index (χ4n) is 1.96. The van der Waals surface area contributed by atoms with Crippen molar-refractivity contribution >= 4 is 17.7 Å². The van der Waals surface area contributed by atoms with Crippen LogP contribution in [-0.2, 0) is 11.3 Å². The second kappa shape index (κ2) is 8.99. The maximum absolute atomic E-state index is 11.7. The van der Waals surface area contributed by atoms with Crippen LogP contribution < -0.4 is 15.4 Å². The third kappa shape index (κ3) is 7.57. The standard InChI is InChI=1S/C17H27ClN2O3/c1-6-13(11-20-16(21)23-17(2,3)4)19-10-12-7-8-15(22-5)14(18)9-12/h7-9,13,19H,6,10-11H2,1-5H3,(H,20,21). The van der Waals surface area contributed by atoms with Gasteiger partial charge in [-0.15, -0.1) is 0 Å². The van der Waals surface area contributed by atoms with E-state index in [0.717, 1.165) is 12.0 Å². The molecule has 1 aromatic carbocycles. The molecular weight excluding hydrogens is 316 g/mol. The van der Waals surface area contributed by atoms with E-state index in [1.165, 1.54) is 0 Å². The first-order valence-corrected chi connectivity index (χ1v) is 8.15. The zero-order valence-corrected chi connectivity index (χ0v) is 15.3. The Morgan fingerprint density at radius 2 is 2.04 bits per heavy atom. The molecule has 0 aliphatic heterocycles. The van der Waals surface area contributed by atoms with Gasteiger partial charge in [-0.25, -0.2) is 4.79 Å². The Morgan fingerprint density at radius 3 is 2.57 bits per heavy atom. The number of carbonyl (C=O) groups is 1. The van der Waals surface area contributed by atoms with E-state index in [1.54, 1.807) is 7.11 Å². The van der Waals surface area contributed by atoms with E-state index in [0.29, 0.717) is 23.9 Å². The minimum atomic E-state index is -0.487. The van der Waals surface area contributed by atoms with Gasteiger partial charge in [0.1, 0.15) is 11.4 Å². The molecule has 0 spiro atoms. The van der Waals surface area contributed by atoms with E-state index in [4.69, 9.17) is 21.1 Å². The molecule has 0 bridgehead atoms. The Bertz CT molecular complexity index is 515. The van der Waals surface area contributed by atoms with Crippen LogP contribution >= 0.6 is 11.6 Å². The summed E-state index contributed by atoms with van der Waals surface area (Å²) in [5.41, 5.74) is 0.575. The maximum Gasteiger partial charge on any atom is 0.407 e. The molecule has 0 saturated heterocycles. The number of halogens is 1. The molecule has 0 radical (unpaired) electrons. The Kier molecular flexibility index (Phi) is 7.65. The molecule has 6 heteroatoms. The summed E-state index contributed by atoms with van der Waals surface area (Å²) in [4.78, 5) is 11.7. The van der Waals surface area contributed by atoms with Crippen molar-refractivity contribution in [2.24, 2.45) is 0 Å². The molecule has 23 heavy (non-hydrogen) atoms. The number of ether oxygens (including phenoxy) is 2. The first kappa shape index (κ1) is 19.6. The summed E-state index contributed by atoms with van der Waals surface area (Å²) < 4.78 is 10.4. The third-order valence-corrected chi connectivity index (χ3v) is 3.49. The van der Waals surface area contributed by atoms with Gasteiger partial charge in [-0.05, 0) is 44.9 Å². The normalized spacial score (nSPS) is 12.6. The van der Waals surface area contributed by atoms with Crippen molar-refractivity contribution in [3.63, 3.8) is 0 Å². The molecular formula is C17H27ClN2O3. The number of alkyl carbamates (subject to hydrolysis) is 1. The molecule has 0 aliphatic rings. The van der Waals surface area contributed by atoms with Crippen molar-refractivity contribution in [1.29, 1.82) is 0 Å². The lowest BCUT2D eigenvalue weighted by Crippen LogP contribution is -2.42. The molecule has 1 rings (SSSR count). The monoisotopic (exact) mass is 342 g/mol. The number of rotatable bonds is 7. The van der Waals surface area contributed by atoms with Crippen LogP contribution in [0.25, 0.3) is 0 Å². The van der Waals surface area contributed by atoms with Gasteiger partial charge in [0.25, 0.3) is 0 Å². The Balaban J connectivity index is 2.45. The highest BCUT2D eigenvalue weighted by atomic mass is 35.5. The third-order valence-electron chi connectivity index (χ3n) is 3.20. The summed E-state index contributed by atoms with van der Waals surface area (Å²) in [5, 5.41) is 6.77. The molecule has 1 aromatic rings. The van der Waals surface area contributed by atoms with Crippen LogP contribution in [0.1, 0.15) is 39.7 Å². The Hall–Kier alpha value is -1.46. The summed E-state index contributed by atoms with van der Waals surface area (Å²) in [6.45, 7) is 8.77. The van der Waals surface area contributed by atoms with Crippen molar-refractivity contribution in [3.8, 4) is 5.75 Å². The van der Waals surface area contributed by atoms with Crippen molar-refractivity contribution in [3.05, 3.63) is 28.8 Å². The molecule has 0 fully saturated rings. The van der Waals surface area contributed by atoms with Crippen LogP contribution in [0.2, 0.25) is 5.02 Å². The highest BCUT2D eigenvalue weighted by Gasteiger charge is 2.17. The van der Waals surface area contributed by atoms with E-state index >= 15 is 0 Å². The van der Waals surface area contributed by atoms with E-state index in [-0.39, 0.29) is 6.04 Å². The average Bonchev–Trinajstić information content (AvgIpc) is 2.45. The van der Waals surface area contributed by atoms with Crippen LogP contribution in [0.3, 0.4) is 0 Å². The first-order chi connectivity index (χ1) is 10.7. The molecule has 0 aliphatic carbocycles. The van der Waals surface area contributed by atoms with E-state index in [9.17, 15) is 4.79 Å². The molecule has 130 valence electrons. The van der Waals surface area contributed by atoms with Gasteiger partial charge < -0.3 is 20.1 Å². The van der Waals surface area contributed by atoms with Crippen LogP contribution in [0.5, 0.6) is 5.75 Å². The minimum absolute atomic E-state index is 0.156. The molecule has 0 heterocycles. The molecule has 5 nitrogen and oxygen atoms in total. The van der Waals surface area contributed by atoms with Gasteiger partial charge in [0.15, 0.2) is 0 Å². The van der Waals surface area contributed by atoms with Crippen molar-refractivity contribution in [2.75, 3.05) is 13.7 Å². The Labute approximate surface area is 143 Å². The summed E-state index contributed by atoms with van der Waals surface area (Å²) in [6, 6.07) is 5.84. The highest BCUT2D eigenvalue weighted by Crippen LogP contribution is 2.24. The lowest BCUT2D eigenvalue weighted by molar-refractivity contribution is 0.0522. The van der Waals surface area contributed by atoms with Crippen LogP contribution in [0.15, 0.2) is 18.2 Å². The predicted octanol–water partition coefficient (Wildman–Crippen LogP) is 3.74. The largest absolute Gasteiger partial charge is 0.495 e. The molecule has 0 saturated carbocycles. The van der Waals surface area contributed by atoms with Crippen LogP contribution in [0, 0.1) is 0 Å². The lowest BCUT2D eigenvalue weighted by atomic mass is 10.1. The lowest BCUT2D eigenvalue weighted by Gasteiger charge is -2.22. The number of hydrogen-bond acceptors (Lipinski definition) is 4. The SMILES string of the molecule is CCC(CNC(=O)OC(C)(C)C)NCc1ccc(OC)c(Cl)c1. The van der Waals surface area contributed by atoms with Gasteiger partial charge in [0, 0.05) is 19.1 Å². The van der Waals surface area contributed by atoms with Gasteiger partial charge in [0.2, 0.25) is 0 Å². The average molecular weight is 343 g/mol. The summed E-state index contributed by atoms with van der Waals surface area (Å²) in [5.74, 6) is 0.661. The number of hydrogen-bond donors (Lipinski definition) is 2. The number of carbonyl (C=O) groups excluding carboxylic acids is 1. The molecule has 2 N–H and O–H groups in total. The van der Waals surface area contributed by atoms with Crippen molar-refractivity contribution < 1.29 is 14.3 Å². The Morgan fingerprint density at radius 1 is 1.35 bits per heavy atom. The summed E-state index contributed by atoms with van der Waals surface area (Å²) >= 11 is 6.12. The fourth-order valence-corrected chi connectivity index (χ4v) is 2.24. The predicted molar refractivity (Wildman–Crippen MR) is 93.2 cm³/mol. The fraction of sp³-hybridized carbons (Fsp3) is 0.588. The van der Waals surface area contributed by atoms with Gasteiger partial charge in [-0.3, -0.25) is 0 Å². The number of nitrogens with one attached hydrogen (secondary N) is 2. The smallest absolute Gasteiger partial charge is 0.407 e. The maximum atomic E-state index is 11.7. The van der Waals surface area contributed by atoms with Gasteiger partial charge >= 0.3 is 6.09 Å².